The molecule has 13 heavy (non-hydrogen) atoms. The summed E-state index contributed by atoms with van der Waals surface area (Å²) in [6.45, 7) is 2.10. The lowest BCUT2D eigenvalue weighted by molar-refractivity contribution is 1.02. The highest BCUT2D eigenvalue weighted by Gasteiger charge is 1.97. The number of halogens is 1. The van der Waals surface area contributed by atoms with E-state index in [1.807, 2.05) is 0 Å². The van der Waals surface area contributed by atoms with E-state index in [0.717, 1.165) is 4.47 Å². The zero-order valence-corrected chi connectivity index (χ0v) is 8.95. The fourth-order valence-electron chi connectivity index (χ4n) is 1.36. The highest BCUT2D eigenvalue weighted by Crippen LogP contribution is 2.15. The average Bonchev–Trinajstić information content (AvgIpc) is 2.53. The van der Waals surface area contributed by atoms with Crippen molar-refractivity contribution < 1.29 is 0 Å². The van der Waals surface area contributed by atoms with E-state index >= 15 is 0 Å². The van der Waals surface area contributed by atoms with Crippen LogP contribution in [0.4, 0.5) is 0 Å². The SMILES string of the molecule is Cc1cccn1-c1ccc(Br)cc1. The van der Waals surface area contributed by atoms with Gasteiger partial charge in [0.2, 0.25) is 0 Å². The summed E-state index contributed by atoms with van der Waals surface area (Å²) in [6, 6.07) is 12.4. The maximum atomic E-state index is 3.42. The van der Waals surface area contributed by atoms with Gasteiger partial charge in [-0.1, -0.05) is 15.9 Å². The molecule has 0 saturated carbocycles. The van der Waals surface area contributed by atoms with E-state index in [-0.39, 0.29) is 0 Å². The molecule has 66 valence electrons. The maximum absolute atomic E-state index is 3.42. The lowest BCUT2D eigenvalue weighted by atomic mass is 10.3. The van der Waals surface area contributed by atoms with E-state index in [4.69, 9.17) is 0 Å². The molecule has 1 aromatic heterocycles. The standard InChI is InChI=1S/C11H10BrN/c1-9-3-2-8-13(9)11-6-4-10(12)5-7-11/h2-8H,1H3. The molecule has 0 saturated heterocycles. The summed E-state index contributed by atoms with van der Waals surface area (Å²) in [5.74, 6) is 0. The van der Waals surface area contributed by atoms with Crippen LogP contribution >= 0.6 is 15.9 Å². The normalized spacial score (nSPS) is 10.3. The molecular weight excluding hydrogens is 226 g/mol. The van der Waals surface area contributed by atoms with Crippen molar-refractivity contribution in [2.24, 2.45) is 0 Å². The molecule has 0 N–H and O–H groups in total. The molecule has 1 heterocycles. The predicted molar refractivity (Wildman–Crippen MR) is 58.2 cm³/mol. The molecule has 0 aliphatic carbocycles. The molecule has 0 fully saturated rings. The van der Waals surface area contributed by atoms with Crippen LogP contribution in [0.25, 0.3) is 5.69 Å². The molecule has 0 aliphatic rings. The largest absolute Gasteiger partial charge is 0.321 e. The second-order valence-electron chi connectivity index (χ2n) is 3.00. The van der Waals surface area contributed by atoms with Crippen molar-refractivity contribution in [3.8, 4) is 5.69 Å². The van der Waals surface area contributed by atoms with E-state index in [1.165, 1.54) is 11.4 Å². The summed E-state index contributed by atoms with van der Waals surface area (Å²) >= 11 is 3.42. The fraction of sp³-hybridized carbons (Fsp3) is 0.0909. The van der Waals surface area contributed by atoms with Crippen LogP contribution in [0.2, 0.25) is 0 Å². The van der Waals surface area contributed by atoms with Crippen molar-refractivity contribution in [3.05, 3.63) is 52.8 Å². The quantitative estimate of drug-likeness (QED) is 0.713. The van der Waals surface area contributed by atoms with Crippen molar-refractivity contribution in [1.29, 1.82) is 0 Å². The highest BCUT2D eigenvalue weighted by molar-refractivity contribution is 9.10. The summed E-state index contributed by atoms with van der Waals surface area (Å²) < 4.78 is 3.27. The Balaban J connectivity index is 2.47. The van der Waals surface area contributed by atoms with Crippen molar-refractivity contribution >= 4 is 15.9 Å². The van der Waals surface area contributed by atoms with Gasteiger partial charge in [0.05, 0.1) is 0 Å². The molecule has 0 unspecified atom stereocenters. The topological polar surface area (TPSA) is 4.93 Å². The minimum absolute atomic E-state index is 1.11. The molecule has 1 aromatic carbocycles. The van der Waals surface area contributed by atoms with Crippen molar-refractivity contribution in [1.82, 2.24) is 4.57 Å². The molecule has 0 aliphatic heterocycles. The Hall–Kier alpha value is -1.02. The summed E-state index contributed by atoms with van der Waals surface area (Å²) in [7, 11) is 0. The van der Waals surface area contributed by atoms with E-state index in [9.17, 15) is 0 Å². The lowest BCUT2D eigenvalue weighted by Gasteiger charge is -2.05. The van der Waals surface area contributed by atoms with Crippen molar-refractivity contribution in [2.45, 2.75) is 6.92 Å². The van der Waals surface area contributed by atoms with Gasteiger partial charge in [0.15, 0.2) is 0 Å². The van der Waals surface area contributed by atoms with Crippen LogP contribution in [-0.2, 0) is 0 Å². The molecule has 1 nitrogen and oxygen atoms in total. The highest BCUT2D eigenvalue weighted by atomic mass is 79.9. The number of nitrogens with zero attached hydrogens (tertiary/aromatic N) is 1. The van der Waals surface area contributed by atoms with E-state index in [0.29, 0.717) is 0 Å². The van der Waals surface area contributed by atoms with Gasteiger partial charge in [0.1, 0.15) is 0 Å². The van der Waals surface area contributed by atoms with Crippen molar-refractivity contribution in [2.75, 3.05) is 0 Å². The monoisotopic (exact) mass is 235 g/mol. The zero-order valence-electron chi connectivity index (χ0n) is 7.37. The number of rotatable bonds is 1. The minimum atomic E-state index is 1.11. The first-order chi connectivity index (χ1) is 6.27. The lowest BCUT2D eigenvalue weighted by Crippen LogP contribution is -1.92. The van der Waals surface area contributed by atoms with Crippen LogP contribution in [0.1, 0.15) is 5.69 Å². The van der Waals surface area contributed by atoms with Crippen LogP contribution < -0.4 is 0 Å². The van der Waals surface area contributed by atoms with Gasteiger partial charge < -0.3 is 4.57 Å². The smallest absolute Gasteiger partial charge is 0.0452 e. The fourth-order valence-corrected chi connectivity index (χ4v) is 1.62. The molecule has 2 aromatic rings. The second-order valence-corrected chi connectivity index (χ2v) is 3.91. The van der Waals surface area contributed by atoms with E-state index < -0.39 is 0 Å². The molecule has 0 amide bonds. The van der Waals surface area contributed by atoms with E-state index in [1.54, 1.807) is 0 Å². The van der Waals surface area contributed by atoms with Crippen LogP contribution in [0.5, 0.6) is 0 Å². The summed E-state index contributed by atoms with van der Waals surface area (Å²) in [6.07, 6.45) is 2.07. The Morgan fingerprint density at radius 1 is 1.08 bits per heavy atom. The Morgan fingerprint density at radius 3 is 2.31 bits per heavy atom. The predicted octanol–water partition coefficient (Wildman–Crippen LogP) is 3.55. The Kier molecular flexibility index (Phi) is 2.23. The van der Waals surface area contributed by atoms with Crippen LogP contribution in [0, 0.1) is 6.92 Å². The third-order valence-corrected chi connectivity index (χ3v) is 2.59. The molecule has 0 radical (unpaired) electrons. The van der Waals surface area contributed by atoms with Crippen LogP contribution in [0.15, 0.2) is 47.1 Å². The van der Waals surface area contributed by atoms with Gasteiger partial charge in [-0.25, -0.2) is 0 Å². The number of hydrogen-bond acceptors (Lipinski definition) is 0. The third kappa shape index (κ3) is 1.68. The van der Waals surface area contributed by atoms with Gasteiger partial charge in [0, 0.05) is 22.1 Å². The number of benzene rings is 1. The summed E-state index contributed by atoms with van der Waals surface area (Å²) in [5.41, 5.74) is 2.45. The Morgan fingerprint density at radius 2 is 1.77 bits per heavy atom. The Labute approximate surface area is 86.1 Å². The first kappa shape index (κ1) is 8.57. The molecule has 0 atom stereocenters. The van der Waals surface area contributed by atoms with Crippen molar-refractivity contribution in [3.63, 3.8) is 0 Å². The number of aromatic nitrogens is 1. The first-order valence-corrected chi connectivity index (χ1v) is 4.96. The van der Waals surface area contributed by atoms with Gasteiger partial charge >= 0.3 is 0 Å². The molecule has 0 bridgehead atoms. The second kappa shape index (κ2) is 3.38. The van der Waals surface area contributed by atoms with Crippen LogP contribution in [-0.4, -0.2) is 4.57 Å². The molecule has 2 rings (SSSR count). The molecule has 0 spiro atoms. The van der Waals surface area contributed by atoms with Gasteiger partial charge in [-0.15, -0.1) is 0 Å². The first-order valence-electron chi connectivity index (χ1n) is 4.17. The minimum Gasteiger partial charge on any atom is -0.321 e. The molecular formula is C11H10BrN. The van der Waals surface area contributed by atoms with Gasteiger partial charge in [0.25, 0.3) is 0 Å². The number of aryl methyl sites for hydroxylation is 1. The van der Waals surface area contributed by atoms with Gasteiger partial charge in [-0.3, -0.25) is 0 Å². The molecule has 2 heteroatoms. The zero-order chi connectivity index (χ0) is 9.26. The van der Waals surface area contributed by atoms with Gasteiger partial charge in [-0.2, -0.15) is 0 Å². The summed E-state index contributed by atoms with van der Waals surface area (Å²) in [5, 5.41) is 0. The maximum Gasteiger partial charge on any atom is 0.0452 e. The summed E-state index contributed by atoms with van der Waals surface area (Å²) in [4.78, 5) is 0. The van der Waals surface area contributed by atoms with E-state index in [2.05, 4.69) is 70.0 Å². The van der Waals surface area contributed by atoms with Crippen LogP contribution in [0.3, 0.4) is 0 Å². The average molecular weight is 236 g/mol. The third-order valence-electron chi connectivity index (χ3n) is 2.06. The van der Waals surface area contributed by atoms with Gasteiger partial charge in [-0.05, 0) is 43.3 Å². The number of hydrogen-bond donors (Lipinski definition) is 0. The Bertz CT molecular complexity index is 400.